The van der Waals surface area contributed by atoms with Crippen LogP contribution in [0, 0.1) is 0 Å². The maximum Gasteiger partial charge on any atom is 0.335 e. The van der Waals surface area contributed by atoms with E-state index >= 15 is 0 Å². The largest absolute Gasteiger partial charge is 0.478 e. The Morgan fingerprint density at radius 1 is 1.08 bits per heavy atom. The van der Waals surface area contributed by atoms with Gasteiger partial charge in [0.1, 0.15) is 0 Å². The molecule has 1 amide bonds. The molecule has 0 bridgehead atoms. The maximum atomic E-state index is 12.4. The molecule has 0 atom stereocenters. The molecule has 1 aliphatic heterocycles. The number of hydrogen-bond donors (Lipinski definition) is 1. The minimum Gasteiger partial charge on any atom is -0.478 e. The molecule has 0 aromatic heterocycles. The number of ketones is 1. The van der Waals surface area contributed by atoms with Gasteiger partial charge in [0.25, 0.3) is 0 Å². The van der Waals surface area contributed by atoms with Crippen molar-refractivity contribution < 1.29 is 19.5 Å². The van der Waals surface area contributed by atoms with Crippen LogP contribution in [-0.2, 0) is 4.79 Å². The predicted octanol–water partition coefficient (Wildman–Crippen LogP) is 3.57. The third-order valence-corrected chi connectivity index (χ3v) is 4.64. The van der Waals surface area contributed by atoms with Gasteiger partial charge in [-0.2, -0.15) is 0 Å². The number of aromatic carboxylic acids is 1. The number of nitrogens with zero attached hydrogens (tertiary/aromatic N) is 1. The Morgan fingerprint density at radius 3 is 2.33 bits per heavy atom. The first-order valence-corrected chi connectivity index (χ1v) is 7.95. The summed E-state index contributed by atoms with van der Waals surface area (Å²) in [5.74, 6) is -1.43. The molecule has 5 nitrogen and oxygen atoms in total. The van der Waals surface area contributed by atoms with Crippen molar-refractivity contribution >= 4 is 35.1 Å². The van der Waals surface area contributed by atoms with Crippen LogP contribution in [0.4, 0.5) is 5.69 Å². The quantitative estimate of drug-likeness (QED) is 0.865. The van der Waals surface area contributed by atoms with Gasteiger partial charge < -0.3 is 5.11 Å². The number of carbonyl (C=O) groups excluding carboxylic acids is 2. The first-order chi connectivity index (χ1) is 11.5. The zero-order chi connectivity index (χ0) is 17.3. The number of hydrogen-bond acceptors (Lipinski definition) is 4. The summed E-state index contributed by atoms with van der Waals surface area (Å²) in [6.45, 7) is 1.39. The molecule has 0 radical (unpaired) electrons. The standard InChI is InChI=1S/C18H13NO4S/c1-11(20)19(13-8-6-12(7-9-13)18(22)23)10-16-17(21)14-4-2-3-5-15(14)24-16/h2-10H,1H3,(H,22,23)/b16-10-. The van der Waals surface area contributed by atoms with Gasteiger partial charge in [0.15, 0.2) is 0 Å². The zero-order valence-electron chi connectivity index (χ0n) is 12.7. The molecule has 2 aromatic rings. The highest BCUT2D eigenvalue weighted by atomic mass is 32.2. The highest BCUT2D eigenvalue weighted by Crippen LogP contribution is 2.40. The topological polar surface area (TPSA) is 74.7 Å². The van der Waals surface area contributed by atoms with E-state index in [4.69, 9.17) is 5.11 Å². The van der Waals surface area contributed by atoms with E-state index < -0.39 is 5.97 Å². The van der Waals surface area contributed by atoms with Crippen molar-refractivity contribution in [1.82, 2.24) is 0 Å². The SMILES string of the molecule is CC(=O)N(/C=C1\Sc2ccccc2C1=O)c1ccc(C(=O)O)cc1. The van der Waals surface area contributed by atoms with E-state index in [-0.39, 0.29) is 17.3 Å². The summed E-state index contributed by atoms with van der Waals surface area (Å²) in [7, 11) is 0. The predicted molar refractivity (Wildman–Crippen MR) is 91.3 cm³/mol. The van der Waals surface area contributed by atoms with Gasteiger partial charge in [-0.3, -0.25) is 14.5 Å². The van der Waals surface area contributed by atoms with E-state index in [9.17, 15) is 14.4 Å². The number of carbonyl (C=O) groups is 3. The fourth-order valence-electron chi connectivity index (χ4n) is 2.35. The molecule has 2 aromatic carbocycles. The van der Waals surface area contributed by atoms with Crippen molar-refractivity contribution in [1.29, 1.82) is 0 Å². The van der Waals surface area contributed by atoms with Crippen molar-refractivity contribution in [3.05, 3.63) is 70.8 Å². The fourth-order valence-corrected chi connectivity index (χ4v) is 3.37. The molecule has 0 saturated heterocycles. The van der Waals surface area contributed by atoms with E-state index in [1.807, 2.05) is 12.1 Å². The molecule has 120 valence electrons. The molecule has 1 aliphatic rings. The Kier molecular flexibility index (Phi) is 4.22. The van der Waals surface area contributed by atoms with E-state index in [1.165, 1.54) is 41.9 Å². The molecule has 1 heterocycles. The first kappa shape index (κ1) is 16.0. The smallest absolute Gasteiger partial charge is 0.335 e. The highest BCUT2D eigenvalue weighted by molar-refractivity contribution is 8.04. The Hall–Kier alpha value is -2.86. The number of amides is 1. The second-order valence-corrected chi connectivity index (χ2v) is 6.25. The first-order valence-electron chi connectivity index (χ1n) is 7.14. The van der Waals surface area contributed by atoms with Gasteiger partial charge in [-0.05, 0) is 36.4 Å². The average Bonchev–Trinajstić information content (AvgIpc) is 2.89. The van der Waals surface area contributed by atoms with Crippen molar-refractivity contribution in [3.8, 4) is 0 Å². The fraction of sp³-hybridized carbons (Fsp3) is 0.0556. The molecule has 3 rings (SSSR count). The van der Waals surface area contributed by atoms with Crippen molar-refractivity contribution in [2.45, 2.75) is 11.8 Å². The molecule has 0 unspecified atom stereocenters. The number of benzene rings is 2. The minimum absolute atomic E-state index is 0.121. The number of carboxylic acids is 1. The van der Waals surface area contributed by atoms with E-state index in [0.29, 0.717) is 16.2 Å². The lowest BCUT2D eigenvalue weighted by Crippen LogP contribution is -2.23. The van der Waals surface area contributed by atoms with Crippen LogP contribution in [0.5, 0.6) is 0 Å². The maximum absolute atomic E-state index is 12.4. The van der Waals surface area contributed by atoms with Crippen LogP contribution in [0.3, 0.4) is 0 Å². The number of rotatable bonds is 3. The molecule has 0 aliphatic carbocycles. The highest BCUT2D eigenvalue weighted by Gasteiger charge is 2.26. The number of thioether (sulfide) groups is 1. The van der Waals surface area contributed by atoms with Crippen molar-refractivity contribution in [2.24, 2.45) is 0 Å². The molecule has 0 saturated carbocycles. The van der Waals surface area contributed by atoms with Gasteiger partial charge in [0.05, 0.1) is 10.5 Å². The summed E-state index contributed by atoms with van der Waals surface area (Å²) in [5, 5.41) is 8.95. The van der Waals surface area contributed by atoms with Crippen molar-refractivity contribution in [2.75, 3.05) is 4.90 Å². The molecule has 0 spiro atoms. The lowest BCUT2D eigenvalue weighted by atomic mass is 10.1. The Morgan fingerprint density at radius 2 is 1.75 bits per heavy atom. The number of Topliss-reactive ketones (excluding diaryl/α,β-unsaturated/α-hetero) is 1. The van der Waals surface area contributed by atoms with E-state index in [1.54, 1.807) is 24.3 Å². The van der Waals surface area contributed by atoms with Gasteiger partial charge in [-0.1, -0.05) is 23.9 Å². The third-order valence-electron chi connectivity index (χ3n) is 3.55. The Balaban J connectivity index is 1.94. The van der Waals surface area contributed by atoms with E-state index in [2.05, 4.69) is 0 Å². The Bertz CT molecular complexity index is 871. The molecule has 6 heteroatoms. The van der Waals surface area contributed by atoms with Gasteiger partial charge in [-0.25, -0.2) is 4.79 Å². The van der Waals surface area contributed by atoms with Crippen LogP contribution in [0.25, 0.3) is 0 Å². The molecule has 1 N–H and O–H groups in total. The summed E-state index contributed by atoms with van der Waals surface area (Å²) < 4.78 is 0. The molecule has 24 heavy (non-hydrogen) atoms. The summed E-state index contributed by atoms with van der Waals surface area (Å²) in [6.07, 6.45) is 1.51. The van der Waals surface area contributed by atoms with E-state index in [0.717, 1.165) is 4.90 Å². The number of carboxylic acid groups (broad SMARTS) is 1. The normalized spacial score (nSPS) is 14.5. The third kappa shape index (κ3) is 2.96. The van der Waals surface area contributed by atoms with Crippen molar-refractivity contribution in [3.63, 3.8) is 0 Å². The van der Waals surface area contributed by atoms with Crippen LogP contribution in [0.2, 0.25) is 0 Å². The average molecular weight is 339 g/mol. The Labute approximate surface area is 142 Å². The van der Waals surface area contributed by atoms with Crippen LogP contribution in [-0.4, -0.2) is 22.8 Å². The minimum atomic E-state index is -1.04. The summed E-state index contributed by atoms with van der Waals surface area (Å²) >= 11 is 1.32. The summed E-state index contributed by atoms with van der Waals surface area (Å²) in [5.41, 5.74) is 1.26. The summed E-state index contributed by atoms with van der Waals surface area (Å²) in [6, 6.07) is 13.2. The summed E-state index contributed by atoms with van der Waals surface area (Å²) in [4.78, 5) is 38.0. The van der Waals surface area contributed by atoms with Crippen LogP contribution in [0.1, 0.15) is 27.6 Å². The lowest BCUT2D eigenvalue weighted by molar-refractivity contribution is -0.116. The van der Waals surface area contributed by atoms with Gasteiger partial charge in [-0.15, -0.1) is 0 Å². The number of fused-ring (bicyclic) bond motifs is 1. The van der Waals surface area contributed by atoms with Gasteiger partial charge in [0.2, 0.25) is 11.7 Å². The molecule has 0 fully saturated rings. The van der Waals surface area contributed by atoms with Gasteiger partial charge >= 0.3 is 5.97 Å². The second-order valence-electron chi connectivity index (χ2n) is 5.16. The monoisotopic (exact) mass is 339 g/mol. The van der Waals surface area contributed by atoms with Crippen LogP contribution >= 0.6 is 11.8 Å². The molecular weight excluding hydrogens is 326 g/mol. The molecular formula is C18H13NO4S. The second kappa shape index (κ2) is 6.33. The number of allylic oxidation sites excluding steroid dienone is 1. The number of anilines is 1. The van der Waals surface area contributed by atoms with Crippen LogP contribution < -0.4 is 4.90 Å². The lowest BCUT2D eigenvalue weighted by Gasteiger charge is -2.17. The van der Waals surface area contributed by atoms with Gasteiger partial charge in [0, 0.05) is 29.3 Å². The van der Waals surface area contributed by atoms with Crippen LogP contribution in [0.15, 0.2) is 64.5 Å². The zero-order valence-corrected chi connectivity index (χ0v) is 13.5.